The van der Waals surface area contributed by atoms with Crippen LogP contribution in [-0.2, 0) is 35.5 Å². The molecule has 168 valence electrons. The first-order valence-electron chi connectivity index (χ1n) is 10.6. The summed E-state index contributed by atoms with van der Waals surface area (Å²) in [6, 6.07) is 10.1. The van der Waals surface area contributed by atoms with Crippen LogP contribution in [0.4, 0.5) is 4.79 Å². The molecule has 0 bridgehead atoms. The number of amides is 2. The number of nitrogens with zero attached hydrogens (tertiary/aromatic N) is 3. The Labute approximate surface area is 187 Å². The lowest BCUT2D eigenvalue weighted by Crippen LogP contribution is -2.37. The third-order valence-corrected chi connectivity index (χ3v) is 5.59. The van der Waals surface area contributed by atoms with Crippen LogP contribution in [0.3, 0.4) is 0 Å². The highest BCUT2D eigenvalue weighted by Gasteiger charge is 2.40. The van der Waals surface area contributed by atoms with E-state index in [0.717, 1.165) is 29.1 Å². The van der Waals surface area contributed by atoms with E-state index in [1.165, 1.54) is 12.7 Å². The van der Waals surface area contributed by atoms with Gasteiger partial charge in [0.2, 0.25) is 0 Å². The number of ether oxygens (including phenoxy) is 2. The lowest BCUT2D eigenvalue weighted by molar-refractivity contribution is 0.0246. The molecule has 0 aliphatic carbocycles. The van der Waals surface area contributed by atoms with Crippen molar-refractivity contribution in [2.75, 3.05) is 13.7 Å². The van der Waals surface area contributed by atoms with E-state index in [1.54, 1.807) is 20.8 Å². The highest BCUT2D eigenvalue weighted by Crippen LogP contribution is 2.34. The third-order valence-electron chi connectivity index (χ3n) is 5.59. The molecule has 0 spiro atoms. The van der Waals surface area contributed by atoms with Gasteiger partial charge in [-0.2, -0.15) is 0 Å². The van der Waals surface area contributed by atoms with Crippen molar-refractivity contribution < 1.29 is 23.9 Å². The van der Waals surface area contributed by atoms with E-state index in [4.69, 9.17) is 9.47 Å². The van der Waals surface area contributed by atoms with Crippen molar-refractivity contribution in [3.05, 3.63) is 64.0 Å². The van der Waals surface area contributed by atoms with E-state index in [-0.39, 0.29) is 17.9 Å². The van der Waals surface area contributed by atoms with Crippen LogP contribution in [0, 0.1) is 0 Å². The fraction of sp³-hybridized carbons (Fsp3) is 0.417. The molecular formula is C24H27N3O5. The normalized spacial score (nSPS) is 15.9. The molecule has 0 saturated heterocycles. The maximum Gasteiger partial charge on any atom is 0.417 e. The molecule has 8 nitrogen and oxygen atoms in total. The summed E-state index contributed by atoms with van der Waals surface area (Å²) in [5.41, 5.74) is 3.07. The van der Waals surface area contributed by atoms with Crippen LogP contribution < -0.4 is 0 Å². The molecule has 4 rings (SSSR count). The molecule has 0 saturated carbocycles. The standard InChI is InChI=1S/C24H27N3O5/c1-24(2,3)32-23(30)27-14-18-17-13-26(12-15-8-6-5-7-9-15)11-10-16(17)20(22(29)31-4)25-19(18)21(27)28/h5-9H,10-14H2,1-4H3. The Morgan fingerprint density at radius 3 is 2.44 bits per heavy atom. The van der Waals surface area contributed by atoms with E-state index in [2.05, 4.69) is 22.0 Å². The number of carbonyl (C=O) groups excluding carboxylic acids is 3. The second-order valence-corrected chi connectivity index (χ2v) is 9.05. The van der Waals surface area contributed by atoms with Crippen LogP contribution >= 0.6 is 0 Å². The zero-order chi connectivity index (χ0) is 23.0. The molecule has 1 aromatic heterocycles. The summed E-state index contributed by atoms with van der Waals surface area (Å²) >= 11 is 0. The Morgan fingerprint density at radius 2 is 1.78 bits per heavy atom. The molecule has 0 N–H and O–H groups in total. The molecule has 8 heteroatoms. The maximum atomic E-state index is 13.0. The molecule has 2 aliphatic rings. The fourth-order valence-electron chi connectivity index (χ4n) is 4.16. The number of imide groups is 1. The van der Waals surface area contributed by atoms with Crippen molar-refractivity contribution in [2.24, 2.45) is 0 Å². The topological polar surface area (TPSA) is 89.0 Å². The Kier molecular flexibility index (Phi) is 5.73. The van der Waals surface area contributed by atoms with Crippen LogP contribution in [0.5, 0.6) is 0 Å². The lowest BCUT2D eigenvalue weighted by atomic mass is 9.93. The second kappa shape index (κ2) is 8.35. The Balaban J connectivity index is 1.70. The van der Waals surface area contributed by atoms with Crippen molar-refractivity contribution in [1.82, 2.24) is 14.8 Å². The first-order chi connectivity index (χ1) is 15.2. The van der Waals surface area contributed by atoms with Gasteiger partial charge in [-0.3, -0.25) is 9.69 Å². The number of pyridine rings is 1. The van der Waals surface area contributed by atoms with Crippen LogP contribution in [-0.4, -0.2) is 52.0 Å². The highest BCUT2D eigenvalue weighted by atomic mass is 16.6. The average Bonchev–Trinajstić information content (AvgIpc) is 3.09. The SMILES string of the molecule is COC(=O)c1nc2c(c3c1CCN(Cc1ccccc1)C3)CN(C(=O)OC(C)(C)C)C2=O. The first-order valence-corrected chi connectivity index (χ1v) is 10.6. The molecule has 32 heavy (non-hydrogen) atoms. The predicted octanol–water partition coefficient (Wildman–Crippen LogP) is 3.32. The minimum atomic E-state index is -0.733. The van der Waals surface area contributed by atoms with Gasteiger partial charge in [-0.1, -0.05) is 30.3 Å². The molecule has 2 aromatic rings. The first kappa shape index (κ1) is 22.0. The van der Waals surface area contributed by atoms with Crippen molar-refractivity contribution in [3.63, 3.8) is 0 Å². The van der Waals surface area contributed by atoms with Crippen LogP contribution in [0.2, 0.25) is 0 Å². The Hall–Kier alpha value is -3.26. The smallest absolute Gasteiger partial charge is 0.417 e. The molecule has 3 heterocycles. The van der Waals surface area contributed by atoms with E-state index < -0.39 is 23.6 Å². The number of carbonyl (C=O) groups is 3. The summed E-state index contributed by atoms with van der Waals surface area (Å²) in [7, 11) is 1.29. The van der Waals surface area contributed by atoms with Gasteiger partial charge < -0.3 is 9.47 Å². The minimum absolute atomic E-state index is 0.0824. The van der Waals surface area contributed by atoms with Crippen molar-refractivity contribution in [2.45, 2.75) is 52.4 Å². The van der Waals surface area contributed by atoms with E-state index in [1.807, 2.05) is 18.2 Å². The predicted molar refractivity (Wildman–Crippen MR) is 116 cm³/mol. The summed E-state index contributed by atoms with van der Waals surface area (Å²) in [5.74, 6) is -1.13. The van der Waals surface area contributed by atoms with Crippen LogP contribution in [0.1, 0.15) is 64.0 Å². The zero-order valence-corrected chi connectivity index (χ0v) is 18.8. The van der Waals surface area contributed by atoms with Crippen molar-refractivity contribution in [1.29, 1.82) is 0 Å². The number of rotatable bonds is 3. The fourth-order valence-corrected chi connectivity index (χ4v) is 4.16. The van der Waals surface area contributed by atoms with Crippen LogP contribution in [0.25, 0.3) is 0 Å². The van der Waals surface area contributed by atoms with Crippen LogP contribution in [0.15, 0.2) is 30.3 Å². The zero-order valence-electron chi connectivity index (χ0n) is 18.8. The Bertz CT molecular complexity index is 1080. The number of hydrogen-bond acceptors (Lipinski definition) is 7. The summed E-state index contributed by atoms with van der Waals surface area (Å²) in [6.45, 7) is 7.36. The molecule has 0 unspecified atom stereocenters. The molecule has 0 atom stereocenters. The molecular weight excluding hydrogens is 410 g/mol. The Morgan fingerprint density at radius 1 is 1.06 bits per heavy atom. The van der Waals surface area contributed by atoms with Gasteiger partial charge in [-0.05, 0) is 43.9 Å². The third kappa shape index (κ3) is 4.23. The van der Waals surface area contributed by atoms with Gasteiger partial charge in [0.05, 0.1) is 13.7 Å². The van der Waals surface area contributed by atoms with Crippen molar-refractivity contribution in [3.8, 4) is 0 Å². The quantitative estimate of drug-likeness (QED) is 0.681. The van der Waals surface area contributed by atoms with E-state index >= 15 is 0 Å². The van der Waals surface area contributed by atoms with E-state index in [9.17, 15) is 14.4 Å². The maximum absolute atomic E-state index is 13.0. The van der Waals surface area contributed by atoms with Gasteiger partial charge in [-0.25, -0.2) is 19.5 Å². The van der Waals surface area contributed by atoms with E-state index in [0.29, 0.717) is 18.5 Å². The highest BCUT2D eigenvalue weighted by molar-refractivity contribution is 6.06. The van der Waals surface area contributed by atoms with Gasteiger partial charge in [0.15, 0.2) is 5.69 Å². The molecule has 2 aliphatic heterocycles. The number of fused-ring (bicyclic) bond motifs is 3. The molecule has 0 radical (unpaired) electrons. The molecule has 2 amide bonds. The number of esters is 1. The summed E-state index contributed by atoms with van der Waals surface area (Å²) < 4.78 is 10.3. The summed E-state index contributed by atoms with van der Waals surface area (Å²) in [5, 5.41) is 0. The van der Waals surface area contributed by atoms with Gasteiger partial charge in [-0.15, -0.1) is 0 Å². The number of benzene rings is 1. The average molecular weight is 437 g/mol. The summed E-state index contributed by atoms with van der Waals surface area (Å²) in [6.07, 6.45) is -0.112. The minimum Gasteiger partial charge on any atom is -0.464 e. The van der Waals surface area contributed by atoms with Gasteiger partial charge in [0.25, 0.3) is 5.91 Å². The largest absolute Gasteiger partial charge is 0.464 e. The molecule has 0 fully saturated rings. The number of aromatic nitrogens is 1. The number of methoxy groups -OCH3 is 1. The van der Waals surface area contributed by atoms with Gasteiger partial charge in [0, 0.05) is 25.2 Å². The van der Waals surface area contributed by atoms with Gasteiger partial charge >= 0.3 is 12.1 Å². The van der Waals surface area contributed by atoms with Crippen molar-refractivity contribution >= 4 is 18.0 Å². The van der Waals surface area contributed by atoms with Gasteiger partial charge in [0.1, 0.15) is 11.3 Å². The number of hydrogen-bond donors (Lipinski definition) is 0. The monoisotopic (exact) mass is 437 g/mol. The second-order valence-electron chi connectivity index (χ2n) is 9.05. The molecule has 1 aromatic carbocycles. The summed E-state index contributed by atoms with van der Waals surface area (Å²) in [4.78, 5) is 45.8. The lowest BCUT2D eigenvalue weighted by Gasteiger charge is -2.31.